The van der Waals surface area contributed by atoms with Gasteiger partial charge in [-0.2, -0.15) is 0 Å². The Kier molecular flexibility index (Phi) is 4.71. The van der Waals surface area contributed by atoms with Crippen LogP contribution in [0.15, 0.2) is 42.5 Å². The summed E-state index contributed by atoms with van der Waals surface area (Å²) in [5.74, 6) is 1.31. The smallest absolute Gasteiger partial charge is 0.254 e. The standard InChI is InChI=1S/C21H22N2O4/c1-14(24)22-17-5-2-4-16(12-17)21(25)23-9-3-6-18(23)15-7-8-19-20(13-15)27-11-10-26-19/h2,4-5,7-8,12-13,18H,3,6,9-11H2,1H3,(H,22,24). The molecular weight excluding hydrogens is 344 g/mol. The summed E-state index contributed by atoms with van der Waals surface area (Å²) in [6.45, 7) is 3.26. The third-order valence-electron chi connectivity index (χ3n) is 4.89. The molecule has 6 heteroatoms. The normalized spacial score (nSPS) is 18.3. The van der Waals surface area contributed by atoms with Crippen molar-refractivity contribution in [2.45, 2.75) is 25.8 Å². The summed E-state index contributed by atoms with van der Waals surface area (Å²) >= 11 is 0. The van der Waals surface area contributed by atoms with Crippen molar-refractivity contribution in [3.05, 3.63) is 53.6 Å². The number of fused-ring (bicyclic) bond motifs is 1. The van der Waals surface area contributed by atoms with E-state index in [-0.39, 0.29) is 17.9 Å². The van der Waals surface area contributed by atoms with Crippen molar-refractivity contribution in [2.75, 3.05) is 25.1 Å². The molecule has 2 amide bonds. The van der Waals surface area contributed by atoms with Crippen molar-refractivity contribution in [3.63, 3.8) is 0 Å². The average Bonchev–Trinajstić information content (AvgIpc) is 3.16. The van der Waals surface area contributed by atoms with Crippen LogP contribution in [-0.2, 0) is 4.79 Å². The molecule has 140 valence electrons. The molecule has 6 nitrogen and oxygen atoms in total. The molecule has 1 atom stereocenters. The lowest BCUT2D eigenvalue weighted by Crippen LogP contribution is -2.30. The van der Waals surface area contributed by atoms with Crippen molar-refractivity contribution in [1.82, 2.24) is 4.90 Å². The maximum atomic E-state index is 13.1. The number of hydrogen-bond donors (Lipinski definition) is 1. The van der Waals surface area contributed by atoms with Gasteiger partial charge in [-0.15, -0.1) is 0 Å². The fourth-order valence-electron chi connectivity index (χ4n) is 3.72. The predicted octanol–water partition coefficient (Wildman–Crippen LogP) is 3.39. The molecule has 1 unspecified atom stereocenters. The van der Waals surface area contributed by atoms with E-state index in [9.17, 15) is 9.59 Å². The number of anilines is 1. The molecule has 1 N–H and O–H groups in total. The fourth-order valence-corrected chi connectivity index (χ4v) is 3.72. The minimum absolute atomic E-state index is 0.0118. The van der Waals surface area contributed by atoms with Crippen molar-refractivity contribution in [3.8, 4) is 11.5 Å². The largest absolute Gasteiger partial charge is 0.486 e. The van der Waals surface area contributed by atoms with Gasteiger partial charge in [0, 0.05) is 24.7 Å². The molecule has 0 saturated carbocycles. The molecule has 0 aromatic heterocycles. The highest BCUT2D eigenvalue weighted by Gasteiger charge is 2.31. The molecule has 2 aliphatic heterocycles. The van der Waals surface area contributed by atoms with Crippen molar-refractivity contribution >= 4 is 17.5 Å². The highest BCUT2D eigenvalue weighted by Crippen LogP contribution is 2.38. The summed E-state index contributed by atoms with van der Waals surface area (Å²) in [5, 5.41) is 2.73. The Balaban J connectivity index is 1.58. The van der Waals surface area contributed by atoms with Gasteiger partial charge in [-0.25, -0.2) is 0 Å². The molecule has 27 heavy (non-hydrogen) atoms. The van der Waals surface area contributed by atoms with Crippen molar-refractivity contribution in [2.24, 2.45) is 0 Å². The SMILES string of the molecule is CC(=O)Nc1cccc(C(=O)N2CCCC2c2ccc3c(c2)OCCO3)c1. The number of hydrogen-bond acceptors (Lipinski definition) is 4. The number of carbonyl (C=O) groups is 2. The van der Waals surface area contributed by atoms with Crippen molar-refractivity contribution < 1.29 is 19.1 Å². The van der Waals surface area contributed by atoms with E-state index in [0.717, 1.165) is 29.9 Å². The first-order valence-corrected chi connectivity index (χ1v) is 9.20. The Morgan fingerprint density at radius 1 is 1.07 bits per heavy atom. The quantitative estimate of drug-likeness (QED) is 0.904. The molecule has 1 saturated heterocycles. The molecule has 0 spiro atoms. The Morgan fingerprint density at radius 3 is 2.70 bits per heavy atom. The Morgan fingerprint density at radius 2 is 1.89 bits per heavy atom. The van der Waals surface area contributed by atoms with E-state index < -0.39 is 0 Å². The van der Waals surface area contributed by atoms with E-state index in [4.69, 9.17) is 9.47 Å². The minimum atomic E-state index is -0.157. The van der Waals surface area contributed by atoms with Crippen molar-refractivity contribution in [1.29, 1.82) is 0 Å². The Labute approximate surface area is 158 Å². The van der Waals surface area contributed by atoms with E-state index in [1.807, 2.05) is 23.1 Å². The van der Waals surface area contributed by atoms with Crippen LogP contribution < -0.4 is 14.8 Å². The molecule has 1 fully saturated rings. The topological polar surface area (TPSA) is 67.9 Å². The first-order valence-electron chi connectivity index (χ1n) is 9.20. The second kappa shape index (κ2) is 7.31. The second-order valence-corrected chi connectivity index (χ2v) is 6.82. The van der Waals surface area contributed by atoms with Gasteiger partial charge < -0.3 is 19.7 Å². The highest BCUT2D eigenvalue weighted by molar-refractivity contribution is 5.97. The minimum Gasteiger partial charge on any atom is -0.486 e. The lowest BCUT2D eigenvalue weighted by Gasteiger charge is -2.27. The Bertz CT molecular complexity index is 880. The summed E-state index contributed by atoms with van der Waals surface area (Å²) in [7, 11) is 0. The first kappa shape index (κ1) is 17.4. The molecule has 2 aliphatic rings. The van der Waals surface area contributed by atoms with Crippen LogP contribution in [0.2, 0.25) is 0 Å². The van der Waals surface area contributed by atoms with E-state index in [1.165, 1.54) is 6.92 Å². The van der Waals surface area contributed by atoms with Gasteiger partial charge in [0.15, 0.2) is 11.5 Å². The second-order valence-electron chi connectivity index (χ2n) is 6.82. The van der Waals surface area contributed by atoms with Gasteiger partial charge in [0.25, 0.3) is 5.91 Å². The molecule has 2 aromatic carbocycles. The average molecular weight is 366 g/mol. The number of ether oxygens (including phenoxy) is 2. The molecule has 4 rings (SSSR count). The maximum Gasteiger partial charge on any atom is 0.254 e. The van der Waals surface area contributed by atoms with E-state index in [1.54, 1.807) is 24.3 Å². The lowest BCUT2D eigenvalue weighted by atomic mass is 10.0. The van der Waals surface area contributed by atoms with Gasteiger partial charge in [-0.3, -0.25) is 9.59 Å². The number of carbonyl (C=O) groups excluding carboxylic acids is 2. The van der Waals surface area contributed by atoms with Crippen LogP contribution >= 0.6 is 0 Å². The summed E-state index contributed by atoms with van der Waals surface area (Å²) < 4.78 is 11.3. The van der Waals surface area contributed by atoms with Gasteiger partial charge in [-0.05, 0) is 48.7 Å². The van der Waals surface area contributed by atoms with Crippen LogP contribution in [0.1, 0.15) is 41.7 Å². The lowest BCUT2D eigenvalue weighted by molar-refractivity contribution is -0.114. The number of nitrogens with zero attached hydrogens (tertiary/aromatic N) is 1. The monoisotopic (exact) mass is 366 g/mol. The number of nitrogens with one attached hydrogen (secondary N) is 1. The fraction of sp³-hybridized carbons (Fsp3) is 0.333. The summed E-state index contributed by atoms with van der Waals surface area (Å²) in [6, 6.07) is 13.0. The van der Waals surface area contributed by atoms with Crippen LogP contribution in [-0.4, -0.2) is 36.5 Å². The summed E-state index contributed by atoms with van der Waals surface area (Å²) in [5.41, 5.74) is 2.26. The number of amides is 2. The first-order chi connectivity index (χ1) is 13.1. The molecule has 0 radical (unpaired) electrons. The molecule has 2 aromatic rings. The van der Waals surface area contributed by atoms with Crippen LogP contribution in [0.4, 0.5) is 5.69 Å². The van der Waals surface area contributed by atoms with Gasteiger partial charge in [0.05, 0.1) is 6.04 Å². The molecule has 0 bridgehead atoms. The number of rotatable bonds is 3. The molecule has 2 heterocycles. The summed E-state index contributed by atoms with van der Waals surface area (Å²) in [6.07, 6.45) is 1.87. The van der Waals surface area contributed by atoms with Gasteiger partial charge in [0.2, 0.25) is 5.91 Å². The third-order valence-corrected chi connectivity index (χ3v) is 4.89. The van der Waals surface area contributed by atoms with Crippen LogP contribution in [0.3, 0.4) is 0 Å². The van der Waals surface area contributed by atoms with E-state index in [2.05, 4.69) is 5.32 Å². The van der Waals surface area contributed by atoms with E-state index in [0.29, 0.717) is 31.0 Å². The van der Waals surface area contributed by atoms with Gasteiger partial charge in [0.1, 0.15) is 13.2 Å². The zero-order chi connectivity index (χ0) is 18.8. The zero-order valence-corrected chi connectivity index (χ0v) is 15.2. The number of benzene rings is 2. The molecular formula is C21H22N2O4. The van der Waals surface area contributed by atoms with E-state index >= 15 is 0 Å². The van der Waals surface area contributed by atoms with Crippen LogP contribution in [0.5, 0.6) is 11.5 Å². The molecule has 0 aliphatic carbocycles. The van der Waals surface area contributed by atoms with Gasteiger partial charge in [-0.1, -0.05) is 12.1 Å². The van der Waals surface area contributed by atoms with Crippen LogP contribution in [0, 0.1) is 0 Å². The maximum absolute atomic E-state index is 13.1. The Hall–Kier alpha value is -3.02. The highest BCUT2D eigenvalue weighted by atomic mass is 16.6. The van der Waals surface area contributed by atoms with Crippen LogP contribution in [0.25, 0.3) is 0 Å². The zero-order valence-electron chi connectivity index (χ0n) is 15.2. The third kappa shape index (κ3) is 3.60. The number of likely N-dealkylation sites (tertiary alicyclic amines) is 1. The summed E-state index contributed by atoms with van der Waals surface area (Å²) in [4.78, 5) is 26.3. The predicted molar refractivity (Wildman–Crippen MR) is 101 cm³/mol. The van der Waals surface area contributed by atoms with Gasteiger partial charge >= 0.3 is 0 Å².